The minimum atomic E-state index is 0.428. The van der Waals surface area contributed by atoms with E-state index in [4.69, 9.17) is 4.74 Å². The Hall–Kier alpha value is -0.0800. The molecule has 0 aromatic rings. The first-order chi connectivity index (χ1) is 9.04. The van der Waals surface area contributed by atoms with Gasteiger partial charge in [-0.3, -0.25) is 0 Å². The highest BCUT2D eigenvalue weighted by Gasteiger charge is 2.61. The summed E-state index contributed by atoms with van der Waals surface area (Å²) in [5, 5.41) is 3.62. The number of rotatable bonds is 4. The van der Waals surface area contributed by atoms with E-state index in [-0.39, 0.29) is 0 Å². The number of hydrogen-bond acceptors (Lipinski definition) is 2. The Bertz CT molecular complexity index is 321. The van der Waals surface area contributed by atoms with E-state index in [1.165, 1.54) is 51.5 Å². The van der Waals surface area contributed by atoms with Crippen molar-refractivity contribution in [3.05, 3.63) is 0 Å². The van der Waals surface area contributed by atoms with Gasteiger partial charge in [-0.2, -0.15) is 0 Å². The standard InChI is InChI=1S/C17H31NO/c1-16(2)13-7-9-17(16,3)15(12-13)19-11-8-14-6-4-5-10-18-14/h13-15,18H,4-12H2,1-3H3. The quantitative estimate of drug-likeness (QED) is 0.836. The van der Waals surface area contributed by atoms with Crippen LogP contribution >= 0.6 is 0 Å². The van der Waals surface area contributed by atoms with E-state index in [9.17, 15) is 0 Å². The number of hydrogen-bond donors (Lipinski definition) is 1. The van der Waals surface area contributed by atoms with Gasteiger partial charge in [-0.15, -0.1) is 0 Å². The fraction of sp³-hybridized carbons (Fsp3) is 1.00. The summed E-state index contributed by atoms with van der Waals surface area (Å²) in [6, 6.07) is 0.716. The van der Waals surface area contributed by atoms with Gasteiger partial charge in [-0.25, -0.2) is 0 Å². The highest BCUT2D eigenvalue weighted by Crippen LogP contribution is 2.66. The first kappa shape index (κ1) is 13.9. The first-order valence-electron chi connectivity index (χ1n) is 8.39. The molecule has 4 atom stereocenters. The zero-order chi connectivity index (χ0) is 13.5. The summed E-state index contributed by atoms with van der Waals surface area (Å²) in [6.07, 6.45) is 9.93. The Morgan fingerprint density at radius 3 is 2.58 bits per heavy atom. The molecule has 2 heteroatoms. The molecule has 0 radical (unpaired) electrons. The van der Waals surface area contributed by atoms with Crippen molar-refractivity contribution in [2.24, 2.45) is 16.7 Å². The van der Waals surface area contributed by atoms with Gasteiger partial charge in [0.15, 0.2) is 0 Å². The van der Waals surface area contributed by atoms with Gasteiger partial charge in [0.2, 0.25) is 0 Å². The predicted molar refractivity (Wildman–Crippen MR) is 79.2 cm³/mol. The Morgan fingerprint density at radius 2 is 2.00 bits per heavy atom. The second kappa shape index (κ2) is 5.04. The molecule has 2 bridgehead atoms. The van der Waals surface area contributed by atoms with Crippen molar-refractivity contribution in [1.29, 1.82) is 0 Å². The molecule has 1 aliphatic heterocycles. The maximum absolute atomic E-state index is 6.34. The van der Waals surface area contributed by atoms with Crippen molar-refractivity contribution in [3.63, 3.8) is 0 Å². The first-order valence-corrected chi connectivity index (χ1v) is 8.39. The normalized spacial score (nSPS) is 44.7. The van der Waals surface area contributed by atoms with Crippen molar-refractivity contribution in [2.45, 2.75) is 77.9 Å². The van der Waals surface area contributed by atoms with E-state index in [1.807, 2.05) is 0 Å². The van der Waals surface area contributed by atoms with Crippen molar-refractivity contribution >= 4 is 0 Å². The van der Waals surface area contributed by atoms with Gasteiger partial charge in [0, 0.05) is 12.6 Å². The number of ether oxygens (including phenoxy) is 1. The molecule has 0 aromatic carbocycles. The highest BCUT2D eigenvalue weighted by molar-refractivity contribution is 5.11. The number of nitrogens with one attached hydrogen (secondary N) is 1. The molecule has 3 rings (SSSR count). The summed E-state index contributed by atoms with van der Waals surface area (Å²) in [6.45, 7) is 9.58. The molecule has 2 saturated carbocycles. The van der Waals surface area contributed by atoms with Crippen molar-refractivity contribution in [3.8, 4) is 0 Å². The summed E-state index contributed by atoms with van der Waals surface area (Å²) >= 11 is 0. The minimum Gasteiger partial charge on any atom is -0.378 e. The second-order valence-electron chi connectivity index (χ2n) is 7.91. The van der Waals surface area contributed by atoms with E-state index in [0.29, 0.717) is 23.0 Å². The Labute approximate surface area is 118 Å². The molecule has 2 aliphatic carbocycles. The van der Waals surface area contributed by atoms with Crippen LogP contribution in [0.3, 0.4) is 0 Å². The van der Waals surface area contributed by atoms with Crippen molar-refractivity contribution < 1.29 is 4.74 Å². The molecule has 0 aromatic heterocycles. The molecule has 1 saturated heterocycles. The summed E-state index contributed by atoms with van der Waals surface area (Å²) in [5.74, 6) is 0.898. The van der Waals surface area contributed by atoms with Gasteiger partial charge in [0.25, 0.3) is 0 Å². The van der Waals surface area contributed by atoms with Gasteiger partial charge in [-0.05, 0) is 61.8 Å². The lowest BCUT2D eigenvalue weighted by molar-refractivity contribution is -0.0493. The van der Waals surface area contributed by atoms with Crippen LogP contribution in [0.25, 0.3) is 0 Å². The average molecular weight is 265 g/mol. The Kier molecular flexibility index (Phi) is 3.68. The Balaban J connectivity index is 1.49. The summed E-state index contributed by atoms with van der Waals surface area (Å²) in [5.41, 5.74) is 0.915. The SMILES string of the molecule is CC1(C)C2CCC1(C)C(OCCC1CCCCN1)C2. The van der Waals surface area contributed by atoms with Gasteiger partial charge in [-0.1, -0.05) is 27.2 Å². The number of piperidine rings is 1. The lowest BCUT2D eigenvalue weighted by Gasteiger charge is -2.39. The van der Waals surface area contributed by atoms with Crippen LogP contribution in [0.1, 0.15) is 65.7 Å². The van der Waals surface area contributed by atoms with E-state index in [0.717, 1.165) is 12.5 Å². The van der Waals surface area contributed by atoms with Crippen LogP contribution in [0.4, 0.5) is 0 Å². The van der Waals surface area contributed by atoms with Crippen LogP contribution in [-0.2, 0) is 4.74 Å². The van der Waals surface area contributed by atoms with Crippen LogP contribution in [-0.4, -0.2) is 25.3 Å². The minimum absolute atomic E-state index is 0.428. The monoisotopic (exact) mass is 265 g/mol. The molecule has 1 N–H and O–H groups in total. The molecule has 110 valence electrons. The van der Waals surface area contributed by atoms with Gasteiger partial charge in [0.1, 0.15) is 0 Å². The molecule has 0 spiro atoms. The smallest absolute Gasteiger partial charge is 0.0636 e. The van der Waals surface area contributed by atoms with E-state index >= 15 is 0 Å². The van der Waals surface area contributed by atoms with Crippen molar-refractivity contribution in [2.75, 3.05) is 13.2 Å². The third-order valence-electron chi connectivity index (χ3n) is 6.91. The number of fused-ring (bicyclic) bond motifs is 2. The zero-order valence-corrected chi connectivity index (χ0v) is 13.0. The van der Waals surface area contributed by atoms with Crippen LogP contribution < -0.4 is 5.32 Å². The molecule has 0 amide bonds. The Morgan fingerprint density at radius 1 is 1.16 bits per heavy atom. The highest BCUT2D eigenvalue weighted by atomic mass is 16.5. The third kappa shape index (κ3) is 2.25. The molecule has 3 fully saturated rings. The fourth-order valence-electron chi connectivity index (χ4n) is 4.91. The summed E-state index contributed by atoms with van der Waals surface area (Å²) < 4.78 is 6.34. The maximum atomic E-state index is 6.34. The summed E-state index contributed by atoms with van der Waals surface area (Å²) in [4.78, 5) is 0. The van der Waals surface area contributed by atoms with Crippen LogP contribution in [0.5, 0.6) is 0 Å². The molecule has 19 heavy (non-hydrogen) atoms. The van der Waals surface area contributed by atoms with Crippen molar-refractivity contribution in [1.82, 2.24) is 5.32 Å². The molecular formula is C17H31NO. The molecule has 3 aliphatic rings. The zero-order valence-electron chi connectivity index (χ0n) is 13.0. The fourth-order valence-corrected chi connectivity index (χ4v) is 4.91. The van der Waals surface area contributed by atoms with Gasteiger partial charge < -0.3 is 10.1 Å². The molecule has 2 nitrogen and oxygen atoms in total. The molecule has 1 heterocycles. The largest absolute Gasteiger partial charge is 0.378 e. The predicted octanol–water partition coefficient (Wildman–Crippen LogP) is 3.75. The van der Waals surface area contributed by atoms with E-state index in [1.54, 1.807) is 0 Å². The molecule has 4 unspecified atom stereocenters. The summed E-state index contributed by atoms with van der Waals surface area (Å²) in [7, 11) is 0. The van der Waals surface area contributed by atoms with E-state index in [2.05, 4.69) is 26.1 Å². The van der Waals surface area contributed by atoms with Gasteiger partial charge in [0.05, 0.1) is 6.10 Å². The van der Waals surface area contributed by atoms with Gasteiger partial charge >= 0.3 is 0 Å². The topological polar surface area (TPSA) is 21.3 Å². The molecular weight excluding hydrogens is 234 g/mol. The second-order valence-corrected chi connectivity index (χ2v) is 7.91. The third-order valence-corrected chi connectivity index (χ3v) is 6.91. The van der Waals surface area contributed by atoms with E-state index < -0.39 is 0 Å². The van der Waals surface area contributed by atoms with Crippen LogP contribution in [0.2, 0.25) is 0 Å². The average Bonchev–Trinajstić information content (AvgIpc) is 2.73. The van der Waals surface area contributed by atoms with Crippen LogP contribution in [0, 0.1) is 16.7 Å². The lowest BCUT2D eigenvalue weighted by Crippen LogP contribution is -2.39. The van der Waals surface area contributed by atoms with Crippen LogP contribution in [0.15, 0.2) is 0 Å². The lowest BCUT2D eigenvalue weighted by atomic mass is 9.70. The maximum Gasteiger partial charge on any atom is 0.0636 e.